The highest BCUT2D eigenvalue weighted by Crippen LogP contribution is 2.02. The second-order valence-electron chi connectivity index (χ2n) is 5.05. The Morgan fingerprint density at radius 2 is 1.24 bits per heavy atom. The molecule has 25 heavy (non-hydrogen) atoms. The Labute approximate surface area is 157 Å². The van der Waals surface area contributed by atoms with Crippen molar-refractivity contribution < 1.29 is 19.1 Å². The Balaban J connectivity index is 0.000000251. The van der Waals surface area contributed by atoms with E-state index in [1.165, 1.54) is 0 Å². The number of rotatable bonds is 7. The van der Waals surface area contributed by atoms with E-state index in [0.29, 0.717) is 24.3 Å². The van der Waals surface area contributed by atoms with Crippen LogP contribution in [-0.4, -0.2) is 30.5 Å². The second kappa shape index (κ2) is 13.2. The molecule has 0 aliphatic carbocycles. The Morgan fingerprint density at radius 3 is 1.64 bits per heavy atom. The van der Waals surface area contributed by atoms with Gasteiger partial charge in [0.15, 0.2) is 0 Å². The maximum absolute atomic E-state index is 11.3. The molecule has 2 rings (SSSR count). The zero-order valence-electron chi connectivity index (χ0n) is 14.3. The summed E-state index contributed by atoms with van der Waals surface area (Å²) in [6, 6.07) is 18.0. The molecule has 0 heterocycles. The van der Waals surface area contributed by atoms with Crippen molar-refractivity contribution in [2.45, 2.75) is 19.8 Å². The van der Waals surface area contributed by atoms with E-state index in [-0.39, 0.29) is 11.9 Å². The molecule has 5 heteroatoms. The van der Waals surface area contributed by atoms with E-state index in [2.05, 4.69) is 15.9 Å². The summed E-state index contributed by atoms with van der Waals surface area (Å²) in [6.45, 7) is 2.94. The first-order chi connectivity index (χ1) is 12.2. The Kier molecular flexibility index (Phi) is 11.0. The molecule has 0 aromatic heterocycles. The first kappa shape index (κ1) is 20.9. The van der Waals surface area contributed by atoms with Crippen LogP contribution in [0.4, 0.5) is 0 Å². The van der Waals surface area contributed by atoms with Gasteiger partial charge in [-0.05, 0) is 37.1 Å². The van der Waals surface area contributed by atoms with Crippen LogP contribution in [0.1, 0.15) is 40.5 Å². The number of carbonyl (C=O) groups excluding carboxylic acids is 2. The molecular formula is C20H23BrO4. The molecule has 4 nitrogen and oxygen atoms in total. The van der Waals surface area contributed by atoms with Gasteiger partial charge in [0.2, 0.25) is 0 Å². The van der Waals surface area contributed by atoms with Crippen molar-refractivity contribution in [3.8, 4) is 0 Å². The van der Waals surface area contributed by atoms with E-state index in [1.807, 2.05) is 43.3 Å². The Hall–Kier alpha value is -2.14. The molecular weight excluding hydrogens is 384 g/mol. The van der Waals surface area contributed by atoms with Gasteiger partial charge in [0.1, 0.15) is 0 Å². The highest BCUT2D eigenvalue weighted by atomic mass is 79.9. The van der Waals surface area contributed by atoms with Crippen LogP contribution in [0.25, 0.3) is 0 Å². The molecule has 0 aliphatic rings. The van der Waals surface area contributed by atoms with Gasteiger partial charge >= 0.3 is 11.9 Å². The number of esters is 2. The van der Waals surface area contributed by atoms with Crippen LogP contribution in [0.15, 0.2) is 60.7 Å². The number of ether oxygens (including phenoxy) is 2. The van der Waals surface area contributed by atoms with Crippen LogP contribution >= 0.6 is 15.9 Å². The van der Waals surface area contributed by atoms with Crippen molar-refractivity contribution in [1.82, 2.24) is 0 Å². The molecule has 0 bridgehead atoms. The highest BCUT2D eigenvalue weighted by Gasteiger charge is 2.04. The number of carbonyl (C=O) groups is 2. The van der Waals surface area contributed by atoms with Crippen LogP contribution in [0, 0.1) is 0 Å². The van der Waals surface area contributed by atoms with Gasteiger partial charge in [0.05, 0.1) is 24.3 Å². The molecule has 0 radical (unpaired) electrons. The van der Waals surface area contributed by atoms with Crippen molar-refractivity contribution in [3.05, 3.63) is 71.8 Å². The summed E-state index contributed by atoms with van der Waals surface area (Å²) in [6.07, 6.45) is 1.71. The van der Waals surface area contributed by atoms with Crippen molar-refractivity contribution in [3.63, 3.8) is 0 Å². The number of halogens is 1. The number of hydrogen-bond acceptors (Lipinski definition) is 4. The number of benzene rings is 2. The Morgan fingerprint density at radius 1 is 0.800 bits per heavy atom. The zero-order valence-corrected chi connectivity index (χ0v) is 15.9. The fraction of sp³-hybridized carbons (Fsp3) is 0.300. The zero-order chi connectivity index (χ0) is 18.3. The molecule has 0 unspecified atom stereocenters. The average Bonchev–Trinajstić information content (AvgIpc) is 2.68. The molecule has 0 atom stereocenters. The molecule has 0 aliphatic heterocycles. The van der Waals surface area contributed by atoms with E-state index in [1.54, 1.807) is 24.3 Å². The Bertz CT molecular complexity index is 614. The van der Waals surface area contributed by atoms with Gasteiger partial charge in [-0.2, -0.15) is 0 Å². The summed E-state index contributed by atoms with van der Waals surface area (Å²) < 4.78 is 9.94. The van der Waals surface area contributed by atoms with Gasteiger partial charge in [-0.25, -0.2) is 9.59 Å². The van der Waals surface area contributed by atoms with Crippen LogP contribution < -0.4 is 0 Å². The lowest BCUT2D eigenvalue weighted by molar-refractivity contribution is 0.0496. The summed E-state index contributed by atoms with van der Waals surface area (Å²) in [5.41, 5.74) is 1.23. The van der Waals surface area contributed by atoms with E-state index in [4.69, 9.17) is 9.47 Å². The van der Waals surface area contributed by atoms with Crippen molar-refractivity contribution in [2.75, 3.05) is 18.5 Å². The number of alkyl halides is 1. The fourth-order valence-corrected chi connectivity index (χ4v) is 1.96. The van der Waals surface area contributed by atoms with Crippen LogP contribution in [0.2, 0.25) is 0 Å². The molecule has 134 valence electrons. The molecule has 2 aromatic rings. The SMILES string of the molecule is CCCOC(=O)c1ccccc1.O=C(OCCCBr)c1ccccc1. The quantitative estimate of drug-likeness (QED) is 0.373. The smallest absolute Gasteiger partial charge is 0.338 e. The van der Waals surface area contributed by atoms with E-state index in [9.17, 15) is 9.59 Å². The molecule has 0 N–H and O–H groups in total. The average molecular weight is 407 g/mol. The monoisotopic (exact) mass is 406 g/mol. The third-order valence-electron chi connectivity index (χ3n) is 2.97. The highest BCUT2D eigenvalue weighted by molar-refractivity contribution is 9.09. The minimum absolute atomic E-state index is 0.238. The lowest BCUT2D eigenvalue weighted by Crippen LogP contribution is -2.06. The van der Waals surface area contributed by atoms with Crippen molar-refractivity contribution >= 4 is 27.9 Å². The fourth-order valence-electron chi connectivity index (χ4n) is 1.73. The maximum atomic E-state index is 11.3. The predicted octanol–water partition coefficient (Wildman–Crippen LogP) is 4.88. The molecule has 0 spiro atoms. The summed E-state index contributed by atoms with van der Waals surface area (Å²) in [5.74, 6) is -0.487. The van der Waals surface area contributed by atoms with Crippen molar-refractivity contribution in [2.24, 2.45) is 0 Å². The van der Waals surface area contributed by atoms with Crippen LogP contribution in [0.3, 0.4) is 0 Å². The molecule has 0 saturated carbocycles. The second-order valence-corrected chi connectivity index (χ2v) is 5.84. The van der Waals surface area contributed by atoms with Gasteiger partial charge in [-0.3, -0.25) is 0 Å². The molecule has 0 amide bonds. The van der Waals surface area contributed by atoms with Crippen LogP contribution in [0.5, 0.6) is 0 Å². The van der Waals surface area contributed by atoms with Crippen LogP contribution in [-0.2, 0) is 9.47 Å². The normalized spacial score (nSPS) is 9.52. The third kappa shape index (κ3) is 9.05. The van der Waals surface area contributed by atoms with Crippen molar-refractivity contribution in [1.29, 1.82) is 0 Å². The first-order valence-electron chi connectivity index (χ1n) is 8.19. The van der Waals surface area contributed by atoms with E-state index in [0.717, 1.165) is 18.2 Å². The number of hydrogen-bond donors (Lipinski definition) is 0. The minimum atomic E-state index is -0.249. The summed E-state index contributed by atoms with van der Waals surface area (Å²) in [5, 5.41) is 0.856. The van der Waals surface area contributed by atoms with Gasteiger partial charge in [-0.1, -0.05) is 59.3 Å². The van der Waals surface area contributed by atoms with Gasteiger partial charge < -0.3 is 9.47 Å². The summed E-state index contributed by atoms with van der Waals surface area (Å²) in [7, 11) is 0. The van der Waals surface area contributed by atoms with Gasteiger partial charge in [0, 0.05) is 5.33 Å². The molecule has 0 fully saturated rings. The standard InChI is InChI=1S/C10H11BrO2.C10H12O2/c11-7-4-8-13-10(12)9-5-2-1-3-6-9;1-2-8-12-10(11)9-6-4-3-5-7-9/h1-3,5-6H,4,7-8H2;3-7H,2,8H2,1H3. The topological polar surface area (TPSA) is 52.6 Å². The maximum Gasteiger partial charge on any atom is 0.338 e. The summed E-state index contributed by atoms with van der Waals surface area (Å²) in [4.78, 5) is 22.5. The van der Waals surface area contributed by atoms with Gasteiger partial charge in [0.25, 0.3) is 0 Å². The molecule has 0 saturated heterocycles. The van der Waals surface area contributed by atoms with E-state index >= 15 is 0 Å². The lowest BCUT2D eigenvalue weighted by atomic mass is 10.2. The lowest BCUT2D eigenvalue weighted by Gasteiger charge is -2.02. The predicted molar refractivity (Wildman–Crippen MR) is 102 cm³/mol. The third-order valence-corrected chi connectivity index (χ3v) is 3.53. The summed E-state index contributed by atoms with van der Waals surface area (Å²) >= 11 is 3.26. The van der Waals surface area contributed by atoms with Gasteiger partial charge in [-0.15, -0.1) is 0 Å². The largest absolute Gasteiger partial charge is 0.462 e. The van der Waals surface area contributed by atoms with E-state index < -0.39 is 0 Å². The minimum Gasteiger partial charge on any atom is -0.462 e. The first-order valence-corrected chi connectivity index (χ1v) is 9.31. The molecule has 2 aromatic carbocycles.